The van der Waals surface area contributed by atoms with Crippen LogP contribution in [0.2, 0.25) is 5.02 Å². The van der Waals surface area contributed by atoms with Gasteiger partial charge in [0.2, 0.25) is 0 Å². The topological polar surface area (TPSA) is 29.9 Å². The Morgan fingerprint density at radius 3 is 3.00 bits per heavy atom. The minimum Gasteiger partial charge on any atom is -0.314 e. The smallest absolute Gasteiger partial charge is 0.148 e. The maximum absolute atomic E-state index is 13.5. The van der Waals surface area contributed by atoms with Gasteiger partial charge >= 0.3 is 0 Å². The van der Waals surface area contributed by atoms with Gasteiger partial charge in [-0.1, -0.05) is 11.6 Å². The molecule has 0 radical (unpaired) electrons. The van der Waals surface area contributed by atoms with Crippen LogP contribution in [-0.4, -0.2) is 16.8 Å². The molecule has 0 atom stereocenters. The van der Waals surface area contributed by atoms with E-state index in [9.17, 15) is 4.39 Å². The average Bonchev–Trinajstić information content (AvgIpc) is 2.71. The number of aromatic nitrogens is 2. The second kappa shape index (κ2) is 4.63. The summed E-state index contributed by atoms with van der Waals surface area (Å²) in [5.74, 6) is -0.344. The molecule has 1 heterocycles. The Labute approximate surface area is 97.8 Å². The molecule has 0 bridgehead atoms. The van der Waals surface area contributed by atoms with Crippen molar-refractivity contribution >= 4 is 11.6 Å². The number of hydrogen-bond donors (Lipinski definition) is 1. The fourth-order valence-corrected chi connectivity index (χ4v) is 1.60. The summed E-state index contributed by atoms with van der Waals surface area (Å²) in [7, 11) is 1.83. The molecule has 0 amide bonds. The molecule has 0 aliphatic carbocycles. The van der Waals surface area contributed by atoms with Gasteiger partial charge in [0.15, 0.2) is 0 Å². The molecule has 2 aromatic rings. The minimum absolute atomic E-state index is 0.344. The van der Waals surface area contributed by atoms with Crippen molar-refractivity contribution in [3.8, 4) is 5.69 Å². The Kier molecular flexibility index (Phi) is 3.22. The normalized spacial score (nSPS) is 10.7. The van der Waals surface area contributed by atoms with Crippen LogP contribution < -0.4 is 5.32 Å². The Morgan fingerprint density at radius 1 is 1.44 bits per heavy atom. The van der Waals surface area contributed by atoms with E-state index in [1.54, 1.807) is 12.3 Å². The second-order valence-corrected chi connectivity index (χ2v) is 3.81. The molecule has 0 saturated carbocycles. The van der Waals surface area contributed by atoms with Crippen molar-refractivity contribution in [2.75, 3.05) is 7.05 Å². The summed E-state index contributed by atoms with van der Waals surface area (Å²) in [6.07, 6.45) is 1.71. The first-order valence-electron chi connectivity index (χ1n) is 4.85. The van der Waals surface area contributed by atoms with Crippen molar-refractivity contribution in [1.82, 2.24) is 15.1 Å². The van der Waals surface area contributed by atoms with Crippen molar-refractivity contribution in [2.45, 2.75) is 6.54 Å². The summed E-state index contributed by atoms with van der Waals surface area (Å²) in [5, 5.41) is 7.69. The fraction of sp³-hybridized carbons (Fsp3) is 0.182. The van der Waals surface area contributed by atoms with Gasteiger partial charge in [0, 0.05) is 17.8 Å². The first kappa shape index (κ1) is 11.1. The summed E-state index contributed by atoms with van der Waals surface area (Å²) in [6, 6.07) is 6.22. The maximum Gasteiger partial charge on any atom is 0.148 e. The van der Waals surface area contributed by atoms with E-state index in [1.165, 1.54) is 16.8 Å². The van der Waals surface area contributed by atoms with Crippen molar-refractivity contribution in [1.29, 1.82) is 0 Å². The molecule has 1 aromatic heterocycles. The van der Waals surface area contributed by atoms with Crippen molar-refractivity contribution in [3.05, 3.63) is 47.0 Å². The van der Waals surface area contributed by atoms with Gasteiger partial charge < -0.3 is 5.32 Å². The zero-order chi connectivity index (χ0) is 11.5. The van der Waals surface area contributed by atoms with Crippen LogP contribution in [0.15, 0.2) is 30.5 Å². The second-order valence-electron chi connectivity index (χ2n) is 3.38. The molecular weight excluding hydrogens is 229 g/mol. The molecule has 0 saturated heterocycles. The van der Waals surface area contributed by atoms with Gasteiger partial charge in [-0.3, -0.25) is 0 Å². The molecule has 1 N–H and O–H groups in total. The van der Waals surface area contributed by atoms with Gasteiger partial charge in [-0.05, 0) is 31.3 Å². The lowest BCUT2D eigenvalue weighted by Crippen LogP contribution is -2.06. The lowest BCUT2D eigenvalue weighted by Gasteiger charge is -2.03. The number of benzene rings is 1. The lowest BCUT2D eigenvalue weighted by molar-refractivity contribution is 0.609. The Balaban J connectivity index is 2.38. The number of nitrogens with zero attached hydrogens (tertiary/aromatic N) is 2. The highest BCUT2D eigenvalue weighted by molar-refractivity contribution is 6.30. The van der Waals surface area contributed by atoms with Crippen LogP contribution >= 0.6 is 11.6 Å². The minimum atomic E-state index is -0.344. The predicted molar refractivity (Wildman–Crippen MR) is 61.3 cm³/mol. The van der Waals surface area contributed by atoms with E-state index in [2.05, 4.69) is 10.4 Å². The van der Waals surface area contributed by atoms with Crippen LogP contribution in [0, 0.1) is 5.82 Å². The van der Waals surface area contributed by atoms with Crippen LogP contribution in [0.25, 0.3) is 5.69 Å². The predicted octanol–water partition coefficient (Wildman–Crippen LogP) is 2.38. The van der Waals surface area contributed by atoms with Crippen LogP contribution in [0.3, 0.4) is 0 Å². The van der Waals surface area contributed by atoms with E-state index in [0.717, 1.165) is 5.69 Å². The number of halogens is 2. The largest absolute Gasteiger partial charge is 0.314 e. The van der Waals surface area contributed by atoms with E-state index < -0.39 is 0 Å². The molecule has 3 nitrogen and oxygen atoms in total. The third-order valence-electron chi connectivity index (χ3n) is 2.16. The monoisotopic (exact) mass is 239 g/mol. The molecule has 0 fully saturated rings. The summed E-state index contributed by atoms with van der Waals surface area (Å²) >= 11 is 5.81. The number of hydrogen-bond acceptors (Lipinski definition) is 2. The highest BCUT2D eigenvalue weighted by Crippen LogP contribution is 2.18. The van der Waals surface area contributed by atoms with E-state index in [1.807, 2.05) is 13.1 Å². The first-order chi connectivity index (χ1) is 7.70. The van der Waals surface area contributed by atoms with Gasteiger partial charge in [-0.2, -0.15) is 5.10 Å². The molecule has 2 rings (SSSR count). The standard InChI is InChI=1S/C11H11ClFN3/c1-14-7-9-4-5-16(15-9)11-6-8(12)2-3-10(11)13/h2-6,14H,7H2,1H3. The van der Waals surface area contributed by atoms with Gasteiger partial charge in [-0.15, -0.1) is 0 Å². The highest BCUT2D eigenvalue weighted by atomic mass is 35.5. The maximum atomic E-state index is 13.5. The summed E-state index contributed by atoms with van der Waals surface area (Å²) in [6.45, 7) is 0.648. The SMILES string of the molecule is CNCc1ccn(-c2cc(Cl)ccc2F)n1. The Morgan fingerprint density at radius 2 is 2.25 bits per heavy atom. The van der Waals surface area contributed by atoms with E-state index >= 15 is 0 Å². The van der Waals surface area contributed by atoms with Crippen LogP contribution in [0.4, 0.5) is 4.39 Å². The Bertz CT molecular complexity index is 496. The van der Waals surface area contributed by atoms with Crippen molar-refractivity contribution in [3.63, 3.8) is 0 Å². The van der Waals surface area contributed by atoms with Crippen LogP contribution in [0.5, 0.6) is 0 Å². The van der Waals surface area contributed by atoms with Crippen LogP contribution in [-0.2, 0) is 6.54 Å². The zero-order valence-corrected chi connectivity index (χ0v) is 9.50. The third-order valence-corrected chi connectivity index (χ3v) is 2.39. The van der Waals surface area contributed by atoms with E-state index in [-0.39, 0.29) is 5.82 Å². The van der Waals surface area contributed by atoms with E-state index in [4.69, 9.17) is 11.6 Å². The molecule has 5 heteroatoms. The van der Waals surface area contributed by atoms with Gasteiger partial charge in [0.05, 0.1) is 5.69 Å². The number of rotatable bonds is 3. The molecule has 1 aromatic carbocycles. The van der Waals surface area contributed by atoms with E-state index in [0.29, 0.717) is 17.3 Å². The summed E-state index contributed by atoms with van der Waals surface area (Å²) < 4.78 is 15.0. The van der Waals surface area contributed by atoms with Crippen LogP contribution in [0.1, 0.15) is 5.69 Å². The quantitative estimate of drug-likeness (QED) is 0.891. The molecule has 16 heavy (non-hydrogen) atoms. The third kappa shape index (κ3) is 2.23. The first-order valence-corrected chi connectivity index (χ1v) is 5.23. The van der Waals surface area contributed by atoms with Gasteiger partial charge in [0.25, 0.3) is 0 Å². The molecule has 0 spiro atoms. The molecule has 84 valence electrons. The Hall–Kier alpha value is -1.39. The summed E-state index contributed by atoms with van der Waals surface area (Å²) in [5.41, 5.74) is 1.21. The molecule has 0 aliphatic heterocycles. The number of nitrogens with one attached hydrogen (secondary N) is 1. The summed E-state index contributed by atoms with van der Waals surface area (Å²) in [4.78, 5) is 0. The highest BCUT2D eigenvalue weighted by Gasteiger charge is 2.06. The molecule has 0 aliphatic rings. The van der Waals surface area contributed by atoms with Gasteiger partial charge in [-0.25, -0.2) is 9.07 Å². The van der Waals surface area contributed by atoms with Crippen molar-refractivity contribution < 1.29 is 4.39 Å². The lowest BCUT2D eigenvalue weighted by atomic mass is 10.3. The fourth-order valence-electron chi connectivity index (χ4n) is 1.43. The van der Waals surface area contributed by atoms with Gasteiger partial charge in [0.1, 0.15) is 11.5 Å². The van der Waals surface area contributed by atoms with Crippen molar-refractivity contribution in [2.24, 2.45) is 0 Å². The zero-order valence-electron chi connectivity index (χ0n) is 8.74. The molecule has 0 unspecified atom stereocenters. The average molecular weight is 240 g/mol. The molecular formula is C11H11ClFN3.